The minimum Gasteiger partial charge on any atom is -0.387 e. The van der Waals surface area contributed by atoms with Crippen molar-refractivity contribution < 1.29 is 5.11 Å². The zero-order valence-corrected chi connectivity index (χ0v) is 6.28. The van der Waals surface area contributed by atoms with E-state index in [0.29, 0.717) is 18.7 Å². The minimum absolute atomic E-state index is 0.420. The lowest BCUT2D eigenvalue weighted by Gasteiger charge is -2.01. The molecule has 0 radical (unpaired) electrons. The first kappa shape index (κ1) is 7.30. The zero-order valence-electron chi connectivity index (χ0n) is 6.28. The van der Waals surface area contributed by atoms with Crippen LogP contribution in [0, 0.1) is 0 Å². The van der Waals surface area contributed by atoms with Crippen LogP contribution in [0.2, 0.25) is 0 Å². The Morgan fingerprint density at radius 3 is 3.08 bits per heavy atom. The first-order valence-electron chi connectivity index (χ1n) is 3.70. The average molecular weight is 168 g/mol. The molecule has 0 saturated carbocycles. The van der Waals surface area contributed by atoms with Crippen molar-refractivity contribution in [1.29, 1.82) is 0 Å². The molecule has 12 heavy (non-hydrogen) atoms. The first-order chi connectivity index (χ1) is 5.68. The molecule has 0 spiro atoms. The van der Waals surface area contributed by atoms with Crippen molar-refractivity contribution in [1.82, 2.24) is 9.55 Å². The van der Waals surface area contributed by atoms with Crippen molar-refractivity contribution in [3.63, 3.8) is 0 Å². The molecule has 1 aromatic heterocycles. The monoisotopic (exact) mass is 168 g/mol. The van der Waals surface area contributed by atoms with Gasteiger partial charge in [0.05, 0.1) is 11.8 Å². The summed E-state index contributed by atoms with van der Waals surface area (Å²) in [5.74, 6) is 0. The van der Waals surface area contributed by atoms with Crippen molar-refractivity contribution in [3.05, 3.63) is 32.6 Å². The molecule has 1 atom stereocenters. The topological polar surface area (TPSA) is 75.1 Å². The quantitative estimate of drug-likeness (QED) is 0.520. The van der Waals surface area contributed by atoms with Gasteiger partial charge in [0.2, 0.25) is 0 Å². The van der Waals surface area contributed by atoms with Crippen molar-refractivity contribution in [2.45, 2.75) is 19.1 Å². The van der Waals surface area contributed by atoms with Crippen molar-refractivity contribution >= 4 is 0 Å². The molecular formula is C7H8N2O3. The van der Waals surface area contributed by atoms with Gasteiger partial charge in [0.25, 0.3) is 5.56 Å². The smallest absolute Gasteiger partial charge is 0.328 e. The number of rotatable bonds is 0. The fourth-order valence-corrected chi connectivity index (χ4v) is 1.44. The van der Waals surface area contributed by atoms with E-state index in [4.69, 9.17) is 0 Å². The Hall–Kier alpha value is -1.36. The van der Waals surface area contributed by atoms with Gasteiger partial charge in [-0.3, -0.25) is 14.3 Å². The Kier molecular flexibility index (Phi) is 1.41. The Bertz CT molecular complexity index is 417. The van der Waals surface area contributed by atoms with E-state index in [1.165, 1.54) is 10.6 Å². The fraction of sp³-hybridized carbons (Fsp3) is 0.429. The summed E-state index contributed by atoms with van der Waals surface area (Å²) in [6.45, 7) is 0.478. The average Bonchev–Trinajstić information content (AvgIpc) is 2.33. The van der Waals surface area contributed by atoms with Crippen LogP contribution in [0.3, 0.4) is 0 Å². The SMILES string of the molecule is O=c1cc2n(c(=O)[nH]1)CCC2O. The van der Waals surface area contributed by atoms with Gasteiger partial charge in [-0.25, -0.2) is 4.79 Å². The molecule has 0 aliphatic carbocycles. The lowest BCUT2D eigenvalue weighted by atomic mass is 10.2. The molecule has 2 heterocycles. The number of fused-ring (bicyclic) bond motifs is 1. The van der Waals surface area contributed by atoms with Crippen molar-refractivity contribution in [2.24, 2.45) is 0 Å². The standard InChI is InChI=1S/C7H8N2O3/c10-5-1-2-9-4(5)3-6(11)8-7(9)12/h3,5,10H,1-2H2,(H,8,11,12). The minimum atomic E-state index is -0.667. The molecule has 64 valence electrons. The maximum atomic E-state index is 11.1. The van der Waals surface area contributed by atoms with Crippen LogP contribution in [0.5, 0.6) is 0 Å². The number of nitrogens with zero attached hydrogens (tertiary/aromatic N) is 1. The van der Waals surface area contributed by atoms with Crippen LogP contribution < -0.4 is 11.2 Å². The summed E-state index contributed by atoms with van der Waals surface area (Å²) in [7, 11) is 0. The molecule has 1 unspecified atom stereocenters. The molecule has 0 bridgehead atoms. The Balaban J connectivity index is 2.77. The van der Waals surface area contributed by atoms with E-state index < -0.39 is 17.4 Å². The molecule has 5 heteroatoms. The number of aromatic amines is 1. The predicted octanol–water partition coefficient (Wildman–Crippen LogP) is -1.03. The number of aromatic nitrogens is 2. The number of aliphatic hydroxyl groups is 1. The van der Waals surface area contributed by atoms with Gasteiger partial charge in [0.1, 0.15) is 0 Å². The third-order valence-electron chi connectivity index (χ3n) is 2.03. The molecule has 0 amide bonds. The number of hydrogen-bond acceptors (Lipinski definition) is 3. The first-order valence-corrected chi connectivity index (χ1v) is 3.70. The van der Waals surface area contributed by atoms with Gasteiger partial charge in [0, 0.05) is 12.6 Å². The van der Waals surface area contributed by atoms with Gasteiger partial charge < -0.3 is 5.11 Å². The van der Waals surface area contributed by atoms with Crippen LogP contribution in [0.4, 0.5) is 0 Å². The highest BCUT2D eigenvalue weighted by molar-refractivity contribution is 5.08. The highest BCUT2D eigenvalue weighted by Gasteiger charge is 2.21. The molecule has 0 aromatic carbocycles. The lowest BCUT2D eigenvalue weighted by Crippen LogP contribution is -2.29. The van der Waals surface area contributed by atoms with Crippen LogP contribution >= 0.6 is 0 Å². The van der Waals surface area contributed by atoms with E-state index in [9.17, 15) is 14.7 Å². The van der Waals surface area contributed by atoms with Gasteiger partial charge in [0.15, 0.2) is 0 Å². The normalized spacial score (nSPS) is 20.9. The van der Waals surface area contributed by atoms with Crippen molar-refractivity contribution in [3.8, 4) is 0 Å². The maximum absolute atomic E-state index is 11.1. The summed E-state index contributed by atoms with van der Waals surface area (Å²) in [5, 5.41) is 9.32. The number of hydrogen-bond donors (Lipinski definition) is 2. The van der Waals surface area contributed by atoms with Gasteiger partial charge in [-0.05, 0) is 6.42 Å². The van der Waals surface area contributed by atoms with E-state index >= 15 is 0 Å². The second-order valence-corrected chi connectivity index (χ2v) is 2.82. The lowest BCUT2D eigenvalue weighted by molar-refractivity contribution is 0.179. The van der Waals surface area contributed by atoms with E-state index in [1.54, 1.807) is 0 Å². The van der Waals surface area contributed by atoms with Crippen LogP contribution in [0.1, 0.15) is 18.2 Å². The summed E-state index contributed by atoms with van der Waals surface area (Å²) in [4.78, 5) is 24.0. The van der Waals surface area contributed by atoms with E-state index in [-0.39, 0.29) is 0 Å². The molecule has 2 rings (SSSR count). The van der Waals surface area contributed by atoms with Gasteiger partial charge in [-0.15, -0.1) is 0 Å². The highest BCUT2D eigenvalue weighted by Crippen LogP contribution is 2.20. The molecule has 1 aromatic rings. The highest BCUT2D eigenvalue weighted by atomic mass is 16.3. The van der Waals surface area contributed by atoms with Crippen LogP contribution in [-0.4, -0.2) is 14.7 Å². The summed E-state index contributed by atoms with van der Waals surface area (Å²) in [6, 6.07) is 1.26. The Morgan fingerprint density at radius 1 is 1.58 bits per heavy atom. The molecule has 1 aliphatic heterocycles. The third kappa shape index (κ3) is 0.902. The molecule has 2 N–H and O–H groups in total. The fourth-order valence-electron chi connectivity index (χ4n) is 1.44. The van der Waals surface area contributed by atoms with E-state index in [1.807, 2.05) is 0 Å². The Labute approximate surface area is 67.3 Å². The van der Waals surface area contributed by atoms with E-state index in [2.05, 4.69) is 4.98 Å². The molecule has 1 aliphatic rings. The van der Waals surface area contributed by atoms with E-state index in [0.717, 1.165) is 0 Å². The maximum Gasteiger partial charge on any atom is 0.328 e. The molecule has 0 saturated heterocycles. The van der Waals surface area contributed by atoms with Gasteiger partial charge >= 0.3 is 5.69 Å². The second kappa shape index (κ2) is 2.31. The van der Waals surface area contributed by atoms with Crippen LogP contribution in [-0.2, 0) is 6.54 Å². The van der Waals surface area contributed by atoms with Crippen LogP contribution in [0.15, 0.2) is 15.7 Å². The molecular weight excluding hydrogens is 160 g/mol. The predicted molar refractivity (Wildman–Crippen MR) is 40.9 cm³/mol. The number of aliphatic hydroxyl groups excluding tert-OH is 1. The van der Waals surface area contributed by atoms with Gasteiger partial charge in [-0.2, -0.15) is 0 Å². The molecule has 5 nitrogen and oxygen atoms in total. The number of nitrogens with one attached hydrogen (secondary N) is 1. The Morgan fingerprint density at radius 2 is 2.33 bits per heavy atom. The largest absolute Gasteiger partial charge is 0.387 e. The zero-order chi connectivity index (χ0) is 8.72. The van der Waals surface area contributed by atoms with Crippen LogP contribution in [0.25, 0.3) is 0 Å². The van der Waals surface area contributed by atoms with Crippen molar-refractivity contribution in [2.75, 3.05) is 0 Å². The summed E-state index contributed by atoms with van der Waals surface area (Å²) in [5.41, 5.74) is -0.468. The van der Waals surface area contributed by atoms with Gasteiger partial charge in [-0.1, -0.05) is 0 Å². The molecule has 0 fully saturated rings. The summed E-state index contributed by atoms with van der Waals surface area (Å²) in [6.07, 6.45) is -0.160. The summed E-state index contributed by atoms with van der Waals surface area (Å²) < 4.78 is 1.38. The second-order valence-electron chi connectivity index (χ2n) is 2.82. The number of H-pyrrole nitrogens is 1. The third-order valence-corrected chi connectivity index (χ3v) is 2.03. The summed E-state index contributed by atoms with van der Waals surface area (Å²) >= 11 is 0.